The van der Waals surface area contributed by atoms with E-state index in [9.17, 15) is 0 Å². The van der Waals surface area contributed by atoms with E-state index < -0.39 is 0 Å². The normalized spacial score (nSPS) is 11.9. The van der Waals surface area contributed by atoms with Crippen LogP contribution < -0.4 is 0 Å². The maximum atomic E-state index is 5.39. The lowest BCUT2D eigenvalue weighted by atomic mass is 10.0. The number of fused-ring (bicyclic) bond motifs is 9. The van der Waals surface area contributed by atoms with E-state index >= 15 is 0 Å². The number of aromatic nitrogens is 4. The van der Waals surface area contributed by atoms with Crippen molar-refractivity contribution in [2.24, 2.45) is 0 Å². The van der Waals surface area contributed by atoms with E-state index in [0.717, 1.165) is 33.4 Å². The first-order valence-electron chi connectivity index (χ1n) is 19.0. The van der Waals surface area contributed by atoms with Gasteiger partial charge in [-0.1, -0.05) is 115 Å². The highest BCUT2D eigenvalue weighted by molar-refractivity contribution is 7.26. The number of hydrogen-bond donors (Lipinski definition) is 0. The Morgan fingerprint density at radius 3 is 1.79 bits per heavy atom. The van der Waals surface area contributed by atoms with Gasteiger partial charge in [0.1, 0.15) is 0 Å². The summed E-state index contributed by atoms with van der Waals surface area (Å²) in [6.45, 7) is 0. The number of rotatable bonds is 5. The second kappa shape index (κ2) is 12.8. The topological polar surface area (TPSA) is 43.6 Å². The molecule has 0 N–H and O–H groups in total. The van der Waals surface area contributed by atoms with Gasteiger partial charge in [0.2, 0.25) is 0 Å². The summed E-state index contributed by atoms with van der Waals surface area (Å²) in [6, 6.07) is 64.9. The summed E-state index contributed by atoms with van der Waals surface area (Å²) in [5, 5.41) is 7.24. The molecule has 0 aliphatic rings. The molecule has 0 saturated carbocycles. The molecule has 0 fully saturated rings. The Bertz CT molecular complexity index is 3540. The zero-order valence-electron chi connectivity index (χ0n) is 30.4. The van der Waals surface area contributed by atoms with Gasteiger partial charge in [-0.05, 0) is 77.9 Å². The van der Waals surface area contributed by atoms with Crippen LogP contribution >= 0.6 is 22.7 Å². The van der Waals surface area contributed by atoms with Gasteiger partial charge in [-0.15, -0.1) is 22.7 Å². The molecule has 0 aliphatic carbocycles. The smallest absolute Gasteiger partial charge is 0.166 e. The Morgan fingerprint density at radius 1 is 0.333 bits per heavy atom. The minimum atomic E-state index is 0.629. The molecule has 8 aromatic carbocycles. The highest BCUT2D eigenvalue weighted by Gasteiger charge is 2.21. The number of nitrogens with zero attached hydrogens (tertiary/aromatic N) is 4. The zero-order chi connectivity index (χ0) is 37.5. The van der Waals surface area contributed by atoms with Crippen LogP contribution in [-0.2, 0) is 0 Å². The van der Waals surface area contributed by atoms with Gasteiger partial charge in [0.15, 0.2) is 17.5 Å². The molecule has 0 atom stereocenters. The van der Waals surface area contributed by atoms with Crippen LogP contribution in [0.3, 0.4) is 0 Å². The van der Waals surface area contributed by atoms with E-state index in [2.05, 4.69) is 187 Å². The van der Waals surface area contributed by atoms with Crippen molar-refractivity contribution in [3.63, 3.8) is 0 Å². The molecule has 0 radical (unpaired) electrons. The van der Waals surface area contributed by atoms with Crippen LogP contribution in [0.25, 0.3) is 113 Å². The molecule has 4 nitrogen and oxygen atoms in total. The number of thiophene rings is 2. The maximum absolute atomic E-state index is 5.39. The summed E-state index contributed by atoms with van der Waals surface area (Å²) in [5.74, 6) is 1.93. The second-order valence-electron chi connectivity index (χ2n) is 14.4. The first kappa shape index (κ1) is 32.3. The van der Waals surface area contributed by atoms with E-state index in [-0.39, 0.29) is 0 Å². The second-order valence-corrected chi connectivity index (χ2v) is 16.5. The minimum Gasteiger partial charge on any atom is -0.309 e. The lowest BCUT2D eigenvalue weighted by Gasteiger charge is -2.15. The predicted molar refractivity (Wildman–Crippen MR) is 242 cm³/mol. The van der Waals surface area contributed by atoms with E-state index in [1.807, 2.05) is 11.3 Å². The van der Waals surface area contributed by atoms with Gasteiger partial charge >= 0.3 is 0 Å². The summed E-state index contributed by atoms with van der Waals surface area (Å²) in [7, 11) is 0. The predicted octanol–water partition coefficient (Wildman–Crippen LogP) is 14.4. The molecule has 6 heteroatoms. The van der Waals surface area contributed by atoms with Gasteiger partial charge in [0, 0.05) is 67.8 Å². The average molecular weight is 763 g/mol. The first-order chi connectivity index (χ1) is 28.2. The molecule has 0 bridgehead atoms. The van der Waals surface area contributed by atoms with Crippen molar-refractivity contribution in [2.45, 2.75) is 0 Å². The number of benzene rings is 8. The van der Waals surface area contributed by atoms with Crippen LogP contribution in [0.15, 0.2) is 182 Å². The van der Waals surface area contributed by atoms with E-state index in [1.165, 1.54) is 62.2 Å². The van der Waals surface area contributed by atoms with Gasteiger partial charge in [-0.3, -0.25) is 0 Å². The van der Waals surface area contributed by atoms with Crippen molar-refractivity contribution in [2.75, 3.05) is 0 Å². The third-order valence-corrected chi connectivity index (χ3v) is 13.4. The van der Waals surface area contributed by atoms with Gasteiger partial charge in [0.05, 0.1) is 16.7 Å². The maximum Gasteiger partial charge on any atom is 0.166 e. The van der Waals surface area contributed by atoms with Crippen LogP contribution in [0, 0.1) is 0 Å². The van der Waals surface area contributed by atoms with Crippen molar-refractivity contribution in [1.29, 1.82) is 0 Å². The fourth-order valence-corrected chi connectivity index (χ4v) is 10.7. The molecule has 0 saturated heterocycles. The molecular weight excluding hydrogens is 733 g/mol. The molecule has 12 rings (SSSR count). The summed E-state index contributed by atoms with van der Waals surface area (Å²) >= 11 is 3.62. The van der Waals surface area contributed by atoms with Gasteiger partial charge < -0.3 is 4.57 Å². The molecule has 57 heavy (non-hydrogen) atoms. The van der Waals surface area contributed by atoms with E-state index in [4.69, 9.17) is 15.0 Å². The molecule has 0 unspecified atom stereocenters. The van der Waals surface area contributed by atoms with Crippen molar-refractivity contribution in [3.8, 4) is 51.0 Å². The Balaban J connectivity index is 1.12. The SMILES string of the molecule is c1ccc(-c2ccc3c(c2)c2ccccc2n3-c2ccccc2-c2nc(-c3ccc4sc5ccccc5c4c3)nc(-c3cccc4sc5ccccc5c34)n2)cc1. The van der Waals surface area contributed by atoms with Gasteiger partial charge in [-0.25, -0.2) is 15.0 Å². The molecule has 4 heterocycles. The van der Waals surface area contributed by atoms with Crippen LogP contribution in [-0.4, -0.2) is 19.5 Å². The van der Waals surface area contributed by atoms with Crippen LogP contribution in [0.5, 0.6) is 0 Å². The monoisotopic (exact) mass is 762 g/mol. The molecule has 0 aliphatic heterocycles. The largest absolute Gasteiger partial charge is 0.309 e. The average Bonchev–Trinajstić information content (AvgIpc) is 3.95. The van der Waals surface area contributed by atoms with E-state index in [1.54, 1.807) is 11.3 Å². The Hall–Kier alpha value is -6.99. The molecule has 266 valence electrons. The minimum absolute atomic E-state index is 0.629. The van der Waals surface area contributed by atoms with Crippen molar-refractivity contribution in [1.82, 2.24) is 19.5 Å². The zero-order valence-corrected chi connectivity index (χ0v) is 32.1. The van der Waals surface area contributed by atoms with Crippen molar-refractivity contribution in [3.05, 3.63) is 182 Å². The molecule has 12 aromatic rings. The summed E-state index contributed by atoms with van der Waals surface area (Å²) in [4.78, 5) is 16.1. The summed E-state index contributed by atoms with van der Waals surface area (Å²) < 4.78 is 7.35. The Morgan fingerprint density at radius 2 is 0.912 bits per heavy atom. The number of hydrogen-bond acceptors (Lipinski definition) is 5. The first-order valence-corrected chi connectivity index (χ1v) is 20.7. The van der Waals surface area contributed by atoms with Crippen LogP contribution in [0.1, 0.15) is 0 Å². The fourth-order valence-electron chi connectivity index (χ4n) is 8.47. The van der Waals surface area contributed by atoms with Crippen molar-refractivity contribution < 1.29 is 0 Å². The van der Waals surface area contributed by atoms with Crippen LogP contribution in [0.4, 0.5) is 0 Å². The summed E-state index contributed by atoms with van der Waals surface area (Å²) in [6.07, 6.45) is 0. The molecule has 0 amide bonds. The fraction of sp³-hybridized carbons (Fsp3) is 0. The Labute approximate surface area is 335 Å². The third kappa shape index (κ3) is 5.15. The molecule has 4 aromatic heterocycles. The van der Waals surface area contributed by atoms with Gasteiger partial charge in [0.25, 0.3) is 0 Å². The molecular formula is C51H30N4S2. The van der Waals surface area contributed by atoms with Crippen LogP contribution in [0.2, 0.25) is 0 Å². The lowest BCUT2D eigenvalue weighted by molar-refractivity contribution is 1.07. The lowest BCUT2D eigenvalue weighted by Crippen LogP contribution is -2.03. The highest BCUT2D eigenvalue weighted by atomic mass is 32.1. The summed E-state index contributed by atoms with van der Waals surface area (Å²) in [5.41, 5.74) is 8.55. The molecule has 0 spiro atoms. The van der Waals surface area contributed by atoms with E-state index in [0.29, 0.717) is 17.5 Å². The third-order valence-electron chi connectivity index (χ3n) is 11.1. The Kier molecular flexibility index (Phi) is 7.24. The van der Waals surface area contributed by atoms with Crippen molar-refractivity contribution >= 4 is 84.8 Å². The number of para-hydroxylation sites is 2. The van der Waals surface area contributed by atoms with Gasteiger partial charge in [-0.2, -0.15) is 0 Å². The standard InChI is InChI=1S/C51H30N4S2/c1-2-13-31(14-3-1)32-25-27-43-39(29-32)34-15-4-8-20-41(34)55(43)42-21-9-5-17-36(42)50-52-49(33-26-28-46-40(30-33)35-16-6-10-22-44(35)56-46)53-51(54-50)38-19-12-24-47-48(38)37-18-7-11-23-45(37)57-47/h1-30H. The highest BCUT2D eigenvalue weighted by Crippen LogP contribution is 2.42. The quantitative estimate of drug-likeness (QED) is 0.175.